The van der Waals surface area contributed by atoms with Crippen molar-refractivity contribution in [3.05, 3.63) is 21.0 Å². The number of alkyl halides is 2. The highest BCUT2D eigenvalue weighted by Gasteiger charge is 2.18. The van der Waals surface area contributed by atoms with Gasteiger partial charge in [0.05, 0.1) is 11.3 Å². The molecule has 0 unspecified atom stereocenters. The van der Waals surface area contributed by atoms with Crippen molar-refractivity contribution in [1.82, 2.24) is 4.98 Å². The van der Waals surface area contributed by atoms with E-state index in [0.717, 1.165) is 0 Å². The fourth-order valence-corrected chi connectivity index (χ4v) is 1.51. The van der Waals surface area contributed by atoms with E-state index in [0.29, 0.717) is 6.29 Å². The minimum atomic E-state index is -2.69. The minimum Gasteiger partial charge on any atom is -0.396 e. The molecule has 0 aromatic carbocycles. The van der Waals surface area contributed by atoms with Crippen molar-refractivity contribution in [3.63, 3.8) is 0 Å². The van der Waals surface area contributed by atoms with E-state index in [9.17, 15) is 13.6 Å². The number of anilines is 1. The van der Waals surface area contributed by atoms with Gasteiger partial charge in [-0.15, -0.1) is 0 Å². The number of hydrogen-bond acceptors (Lipinski definition) is 3. The van der Waals surface area contributed by atoms with Gasteiger partial charge in [-0.25, -0.2) is 8.78 Å². The maximum Gasteiger partial charge on any atom is 0.266 e. The molecule has 1 aromatic rings. The molecule has 0 aliphatic heterocycles. The fraction of sp³-hybridized carbons (Fsp3) is 0.143. The van der Waals surface area contributed by atoms with Crippen molar-refractivity contribution in [3.8, 4) is 0 Å². The lowest BCUT2D eigenvalue weighted by Crippen LogP contribution is -2.04. The van der Waals surface area contributed by atoms with Crippen LogP contribution in [-0.4, -0.2) is 11.3 Å². The summed E-state index contributed by atoms with van der Waals surface area (Å²) in [4.78, 5) is 13.9. The number of aromatic nitrogens is 1. The molecule has 0 bridgehead atoms. The SMILES string of the molecule is Nc1c(C=O)ncc(I)c1C(F)F. The van der Waals surface area contributed by atoms with Crippen molar-refractivity contribution in [2.24, 2.45) is 0 Å². The van der Waals surface area contributed by atoms with Gasteiger partial charge in [0, 0.05) is 9.77 Å². The van der Waals surface area contributed by atoms with E-state index >= 15 is 0 Å². The topological polar surface area (TPSA) is 56.0 Å². The van der Waals surface area contributed by atoms with Crippen LogP contribution in [0.5, 0.6) is 0 Å². The van der Waals surface area contributed by atoms with Gasteiger partial charge in [-0.3, -0.25) is 9.78 Å². The van der Waals surface area contributed by atoms with Crippen LogP contribution in [-0.2, 0) is 0 Å². The van der Waals surface area contributed by atoms with E-state index in [1.54, 1.807) is 22.6 Å². The predicted molar refractivity (Wildman–Crippen MR) is 51.7 cm³/mol. The number of nitrogens with zero attached hydrogens (tertiary/aromatic N) is 1. The van der Waals surface area contributed by atoms with Gasteiger partial charge < -0.3 is 5.73 Å². The third-order valence-electron chi connectivity index (χ3n) is 1.47. The van der Waals surface area contributed by atoms with E-state index in [2.05, 4.69) is 4.98 Å². The third kappa shape index (κ3) is 1.93. The Hall–Kier alpha value is -0.790. The number of carbonyl (C=O) groups is 1. The molecule has 0 saturated heterocycles. The lowest BCUT2D eigenvalue weighted by atomic mass is 10.2. The van der Waals surface area contributed by atoms with Crippen LogP contribution < -0.4 is 5.73 Å². The smallest absolute Gasteiger partial charge is 0.266 e. The summed E-state index contributed by atoms with van der Waals surface area (Å²) in [6.07, 6.45) is -1.13. The second-order valence-electron chi connectivity index (χ2n) is 2.24. The lowest BCUT2D eigenvalue weighted by Gasteiger charge is -2.07. The summed E-state index contributed by atoms with van der Waals surface area (Å²) in [7, 11) is 0. The molecular weight excluding hydrogens is 293 g/mol. The molecule has 0 fully saturated rings. The molecule has 6 heteroatoms. The van der Waals surface area contributed by atoms with Crippen LogP contribution in [0.15, 0.2) is 6.20 Å². The first-order valence-electron chi connectivity index (χ1n) is 3.25. The highest BCUT2D eigenvalue weighted by Crippen LogP contribution is 2.30. The van der Waals surface area contributed by atoms with Gasteiger partial charge in [0.1, 0.15) is 5.69 Å². The highest BCUT2D eigenvalue weighted by molar-refractivity contribution is 14.1. The van der Waals surface area contributed by atoms with Gasteiger partial charge in [-0.2, -0.15) is 0 Å². The maximum absolute atomic E-state index is 12.4. The standard InChI is InChI=1S/C7H5F2IN2O/c8-7(9)5-3(10)1-12-4(2-13)6(5)11/h1-2,7H,11H2. The van der Waals surface area contributed by atoms with E-state index in [1.807, 2.05) is 0 Å². The molecule has 0 atom stereocenters. The molecule has 0 amide bonds. The number of carbonyl (C=O) groups excluding carboxylic acids is 1. The summed E-state index contributed by atoms with van der Waals surface area (Å²) in [5, 5.41) is 0. The zero-order valence-electron chi connectivity index (χ0n) is 6.30. The monoisotopic (exact) mass is 298 g/mol. The van der Waals surface area contributed by atoms with E-state index in [-0.39, 0.29) is 20.5 Å². The Morgan fingerprint density at radius 2 is 2.23 bits per heavy atom. The summed E-state index contributed by atoms with van der Waals surface area (Å²) in [5.74, 6) is 0. The number of nitrogen functional groups attached to an aromatic ring is 1. The molecule has 3 nitrogen and oxygen atoms in total. The molecule has 2 N–H and O–H groups in total. The second kappa shape index (κ2) is 3.95. The van der Waals surface area contributed by atoms with Gasteiger partial charge in [0.15, 0.2) is 6.29 Å². The largest absolute Gasteiger partial charge is 0.396 e. The molecule has 0 aliphatic carbocycles. The highest BCUT2D eigenvalue weighted by atomic mass is 127. The number of rotatable bonds is 2. The number of hydrogen-bond donors (Lipinski definition) is 1. The average molecular weight is 298 g/mol. The van der Waals surface area contributed by atoms with Crippen molar-refractivity contribution < 1.29 is 13.6 Å². The van der Waals surface area contributed by atoms with Gasteiger partial charge in [-0.1, -0.05) is 0 Å². The van der Waals surface area contributed by atoms with E-state index in [4.69, 9.17) is 5.73 Å². The molecule has 1 rings (SSSR count). The third-order valence-corrected chi connectivity index (χ3v) is 2.33. The van der Waals surface area contributed by atoms with Crippen LogP contribution in [0, 0.1) is 3.57 Å². The summed E-state index contributed by atoms with van der Waals surface area (Å²) in [5.41, 5.74) is 4.61. The van der Waals surface area contributed by atoms with Crippen molar-refractivity contribution >= 4 is 34.6 Å². The van der Waals surface area contributed by atoms with Crippen LogP contribution in [0.25, 0.3) is 0 Å². The Labute approximate surface area is 86.5 Å². The number of pyridine rings is 1. The predicted octanol–water partition coefficient (Wildman–Crippen LogP) is 2.02. The van der Waals surface area contributed by atoms with E-state index < -0.39 is 6.43 Å². The first-order valence-corrected chi connectivity index (χ1v) is 4.33. The van der Waals surface area contributed by atoms with Crippen LogP contribution in [0.3, 0.4) is 0 Å². The molecule has 0 spiro atoms. The van der Waals surface area contributed by atoms with Gasteiger partial charge >= 0.3 is 0 Å². The fourth-order valence-electron chi connectivity index (χ4n) is 0.848. The summed E-state index contributed by atoms with van der Waals surface area (Å²) >= 11 is 1.70. The normalized spacial score (nSPS) is 10.5. The van der Waals surface area contributed by atoms with Crippen molar-refractivity contribution in [2.75, 3.05) is 5.73 Å². The van der Waals surface area contributed by atoms with E-state index in [1.165, 1.54) is 6.20 Å². The van der Waals surface area contributed by atoms with Crippen LogP contribution in [0.4, 0.5) is 14.5 Å². The molecule has 1 aromatic heterocycles. The first-order chi connectivity index (χ1) is 6.07. The Balaban J connectivity index is 3.38. The Kier molecular flexibility index (Phi) is 3.12. The van der Waals surface area contributed by atoms with Gasteiger partial charge in [-0.05, 0) is 22.6 Å². The molecule has 70 valence electrons. The van der Waals surface area contributed by atoms with Gasteiger partial charge in [0.25, 0.3) is 6.43 Å². The summed E-state index contributed by atoms with van der Waals surface area (Å²) in [6.45, 7) is 0. The minimum absolute atomic E-state index is 0.143. The molecule has 1 heterocycles. The van der Waals surface area contributed by atoms with Gasteiger partial charge in [0.2, 0.25) is 0 Å². The Morgan fingerprint density at radius 3 is 2.69 bits per heavy atom. The number of nitrogens with two attached hydrogens (primary N) is 1. The molecule has 0 aliphatic rings. The summed E-state index contributed by atoms with van der Waals surface area (Å²) in [6, 6.07) is 0. The molecular formula is C7H5F2IN2O. The summed E-state index contributed by atoms with van der Waals surface area (Å²) < 4.78 is 25.0. The molecule has 0 saturated carbocycles. The van der Waals surface area contributed by atoms with Crippen molar-refractivity contribution in [1.29, 1.82) is 0 Å². The second-order valence-corrected chi connectivity index (χ2v) is 3.40. The molecule has 13 heavy (non-hydrogen) atoms. The Bertz CT molecular complexity index is 344. The number of halogens is 3. The lowest BCUT2D eigenvalue weighted by molar-refractivity contribution is 0.111. The number of aldehydes is 1. The van der Waals surface area contributed by atoms with Crippen LogP contribution >= 0.6 is 22.6 Å². The molecule has 0 radical (unpaired) electrons. The maximum atomic E-state index is 12.4. The Morgan fingerprint density at radius 1 is 1.62 bits per heavy atom. The quantitative estimate of drug-likeness (QED) is 0.671. The van der Waals surface area contributed by atoms with Crippen LogP contribution in [0.1, 0.15) is 22.5 Å². The van der Waals surface area contributed by atoms with Crippen molar-refractivity contribution in [2.45, 2.75) is 6.43 Å². The zero-order chi connectivity index (χ0) is 10.0. The first kappa shape index (κ1) is 10.3. The van der Waals surface area contributed by atoms with Crippen LogP contribution in [0.2, 0.25) is 0 Å². The zero-order valence-corrected chi connectivity index (χ0v) is 8.46. The average Bonchev–Trinajstić information content (AvgIpc) is 2.04.